The molecule has 18 heavy (non-hydrogen) atoms. The Hall–Kier alpha value is -0.640. The molecular weight excluding hydrogens is 251 g/mol. The molecule has 1 unspecified atom stereocenters. The van der Waals surface area contributed by atoms with Gasteiger partial charge in [-0.1, -0.05) is 43.4 Å². The van der Waals surface area contributed by atoms with E-state index in [0.29, 0.717) is 16.5 Å². The summed E-state index contributed by atoms with van der Waals surface area (Å²) in [6.07, 6.45) is 7.07. The smallest absolute Gasteiger partial charge is 0.129 e. The third-order valence-corrected chi connectivity index (χ3v) is 4.19. The summed E-state index contributed by atoms with van der Waals surface area (Å²) in [6, 6.07) is 4.61. The van der Waals surface area contributed by atoms with Crippen molar-refractivity contribution < 1.29 is 4.39 Å². The summed E-state index contributed by atoms with van der Waals surface area (Å²) in [7, 11) is 0. The average molecular weight is 271 g/mol. The van der Waals surface area contributed by atoms with Gasteiger partial charge in [0.15, 0.2) is 0 Å². The molecule has 0 saturated heterocycles. The van der Waals surface area contributed by atoms with Crippen molar-refractivity contribution in [3.63, 3.8) is 0 Å². The van der Waals surface area contributed by atoms with Crippen molar-refractivity contribution in [1.29, 1.82) is 0 Å². The molecule has 1 saturated carbocycles. The number of hydrogen-bond donors (Lipinski definition) is 2. The summed E-state index contributed by atoms with van der Waals surface area (Å²) in [5, 5.41) is 0.460. The third kappa shape index (κ3) is 3.02. The number of rotatable bonds is 3. The number of halogens is 2. The van der Waals surface area contributed by atoms with Crippen LogP contribution in [0.3, 0.4) is 0 Å². The molecule has 2 rings (SSSR count). The van der Waals surface area contributed by atoms with Crippen molar-refractivity contribution in [3.05, 3.63) is 34.6 Å². The largest absolute Gasteiger partial charge is 0.271 e. The van der Waals surface area contributed by atoms with E-state index in [4.69, 9.17) is 17.4 Å². The van der Waals surface area contributed by atoms with Crippen molar-refractivity contribution >= 4 is 11.6 Å². The molecule has 0 aliphatic heterocycles. The van der Waals surface area contributed by atoms with Crippen LogP contribution in [-0.2, 0) is 0 Å². The zero-order valence-corrected chi connectivity index (χ0v) is 11.2. The molecule has 0 aromatic heterocycles. The van der Waals surface area contributed by atoms with Crippen molar-refractivity contribution in [3.8, 4) is 0 Å². The van der Waals surface area contributed by atoms with Crippen LogP contribution in [0.1, 0.15) is 50.1 Å². The molecule has 1 fully saturated rings. The molecule has 2 nitrogen and oxygen atoms in total. The van der Waals surface area contributed by atoms with E-state index in [1.165, 1.54) is 31.7 Å². The first-order chi connectivity index (χ1) is 8.74. The van der Waals surface area contributed by atoms with Crippen LogP contribution in [0, 0.1) is 11.7 Å². The zero-order valence-electron chi connectivity index (χ0n) is 10.5. The lowest BCUT2D eigenvalue weighted by molar-refractivity contribution is 0.321. The quantitative estimate of drug-likeness (QED) is 0.496. The highest BCUT2D eigenvalue weighted by Crippen LogP contribution is 2.36. The minimum Gasteiger partial charge on any atom is -0.271 e. The lowest BCUT2D eigenvalue weighted by atomic mass is 9.87. The molecule has 3 N–H and O–H groups in total. The topological polar surface area (TPSA) is 38.0 Å². The Balaban J connectivity index is 2.26. The van der Waals surface area contributed by atoms with Crippen LogP contribution in [0.2, 0.25) is 5.02 Å². The second kappa shape index (κ2) is 6.50. The van der Waals surface area contributed by atoms with E-state index in [2.05, 4.69) is 5.43 Å². The number of hydrogen-bond acceptors (Lipinski definition) is 2. The maximum atomic E-state index is 14.0. The van der Waals surface area contributed by atoms with Crippen LogP contribution in [0.5, 0.6) is 0 Å². The van der Waals surface area contributed by atoms with Crippen LogP contribution < -0.4 is 11.3 Å². The summed E-state index contributed by atoms with van der Waals surface area (Å²) in [6.45, 7) is 0. The summed E-state index contributed by atoms with van der Waals surface area (Å²) in [5.74, 6) is 5.75. The fourth-order valence-electron chi connectivity index (χ4n) is 2.91. The first-order valence-corrected chi connectivity index (χ1v) is 7.02. The van der Waals surface area contributed by atoms with E-state index in [9.17, 15) is 4.39 Å². The van der Waals surface area contributed by atoms with Gasteiger partial charge in [0.1, 0.15) is 5.82 Å². The second-order valence-electron chi connectivity index (χ2n) is 5.03. The molecule has 0 heterocycles. The normalized spacial score (nSPS) is 19.5. The zero-order chi connectivity index (χ0) is 13.0. The van der Waals surface area contributed by atoms with Crippen LogP contribution >= 0.6 is 11.6 Å². The van der Waals surface area contributed by atoms with Crippen molar-refractivity contribution in [2.45, 2.75) is 44.6 Å². The Morgan fingerprint density at radius 2 is 1.89 bits per heavy atom. The first kappa shape index (κ1) is 13.8. The van der Waals surface area contributed by atoms with Gasteiger partial charge in [0.2, 0.25) is 0 Å². The minimum atomic E-state index is -0.269. The predicted molar refractivity (Wildman–Crippen MR) is 72.7 cm³/mol. The highest BCUT2D eigenvalue weighted by Gasteiger charge is 2.27. The Morgan fingerprint density at radius 1 is 1.22 bits per heavy atom. The lowest BCUT2D eigenvalue weighted by Gasteiger charge is -2.27. The van der Waals surface area contributed by atoms with Crippen LogP contribution in [0.25, 0.3) is 0 Å². The van der Waals surface area contributed by atoms with Gasteiger partial charge in [-0.15, -0.1) is 0 Å². The molecule has 1 aliphatic carbocycles. The van der Waals surface area contributed by atoms with Gasteiger partial charge in [-0.05, 0) is 30.9 Å². The van der Waals surface area contributed by atoms with Gasteiger partial charge >= 0.3 is 0 Å². The summed E-state index contributed by atoms with van der Waals surface area (Å²) < 4.78 is 14.0. The highest BCUT2D eigenvalue weighted by molar-refractivity contribution is 6.31. The van der Waals surface area contributed by atoms with E-state index in [-0.39, 0.29) is 11.9 Å². The number of benzene rings is 1. The maximum absolute atomic E-state index is 14.0. The van der Waals surface area contributed by atoms with Gasteiger partial charge in [0.25, 0.3) is 0 Å². The van der Waals surface area contributed by atoms with Gasteiger partial charge in [-0.3, -0.25) is 11.3 Å². The monoisotopic (exact) mass is 270 g/mol. The maximum Gasteiger partial charge on any atom is 0.129 e. The van der Waals surface area contributed by atoms with Gasteiger partial charge < -0.3 is 0 Å². The fourth-order valence-corrected chi connectivity index (χ4v) is 3.19. The first-order valence-electron chi connectivity index (χ1n) is 6.64. The van der Waals surface area contributed by atoms with Crippen LogP contribution in [0.15, 0.2) is 18.2 Å². The molecule has 4 heteroatoms. The van der Waals surface area contributed by atoms with Gasteiger partial charge in [0, 0.05) is 10.6 Å². The summed E-state index contributed by atoms with van der Waals surface area (Å²) >= 11 is 6.13. The molecule has 1 aromatic carbocycles. The minimum absolute atomic E-state index is 0.184. The fraction of sp³-hybridized carbons (Fsp3) is 0.571. The molecule has 1 aliphatic rings. The van der Waals surface area contributed by atoms with E-state index in [1.807, 2.05) is 0 Å². The van der Waals surface area contributed by atoms with Gasteiger partial charge in [-0.25, -0.2) is 4.39 Å². The highest BCUT2D eigenvalue weighted by atomic mass is 35.5. The average Bonchev–Trinajstić information content (AvgIpc) is 2.63. The molecule has 100 valence electrons. The lowest BCUT2D eigenvalue weighted by Crippen LogP contribution is -2.34. The second-order valence-corrected chi connectivity index (χ2v) is 5.44. The Labute approximate surface area is 113 Å². The van der Waals surface area contributed by atoms with Crippen LogP contribution in [0.4, 0.5) is 4.39 Å². The Morgan fingerprint density at radius 3 is 2.44 bits per heavy atom. The van der Waals surface area contributed by atoms with Crippen molar-refractivity contribution in [2.75, 3.05) is 0 Å². The van der Waals surface area contributed by atoms with Gasteiger partial charge in [-0.2, -0.15) is 0 Å². The Kier molecular flexibility index (Phi) is 4.98. The van der Waals surface area contributed by atoms with Gasteiger partial charge in [0.05, 0.1) is 6.04 Å². The van der Waals surface area contributed by atoms with E-state index >= 15 is 0 Å². The third-order valence-electron chi connectivity index (χ3n) is 3.86. The SMILES string of the molecule is NNC(c1c(F)cccc1Cl)C1CCCCCC1. The molecule has 0 radical (unpaired) electrons. The Bertz CT molecular complexity index is 369. The summed E-state index contributed by atoms with van der Waals surface area (Å²) in [5.41, 5.74) is 3.29. The van der Waals surface area contributed by atoms with E-state index < -0.39 is 0 Å². The molecule has 0 bridgehead atoms. The van der Waals surface area contributed by atoms with E-state index in [1.54, 1.807) is 12.1 Å². The summed E-state index contributed by atoms with van der Waals surface area (Å²) in [4.78, 5) is 0. The van der Waals surface area contributed by atoms with Crippen LogP contribution in [-0.4, -0.2) is 0 Å². The predicted octanol–water partition coefficient (Wildman–Crippen LogP) is 3.95. The molecule has 0 amide bonds. The van der Waals surface area contributed by atoms with Crippen molar-refractivity contribution in [2.24, 2.45) is 11.8 Å². The standard InChI is InChI=1S/C14H20ClFN2/c15-11-8-5-9-12(16)13(11)14(18-17)10-6-3-1-2-4-7-10/h5,8-10,14,18H,1-4,6-7,17H2. The number of nitrogens with two attached hydrogens (primary N) is 1. The number of nitrogens with one attached hydrogen (secondary N) is 1. The molecular formula is C14H20ClFN2. The van der Waals surface area contributed by atoms with Crippen molar-refractivity contribution in [1.82, 2.24) is 5.43 Å². The molecule has 1 aromatic rings. The van der Waals surface area contributed by atoms with E-state index in [0.717, 1.165) is 12.8 Å². The number of hydrazine groups is 1. The molecule has 0 spiro atoms. The molecule has 1 atom stereocenters.